The Kier molecular flexibility index (Phi) is 2.55. The Morgan fingerprint density at radius 3 is 2.62 bits per heavy atom. The van der Waals surface area contributed by atoms with Gasteiger partial charge in [0.1, 0.15) is 0 Å². The predicted molar refractivity (Wildman–Crippen MR) is 55.4 cm³/mol. The van der Waals surface area contributed by atoms with E-state index in [2.05, 4.69) is 6.58 Å². The van der Waals surface area contributed by atoms with Crippen molar-refractivity contribution in [2.24, 2.45) is 5.41 Å². The molecule has 0 aliphatic heterocycles. The summed E-state index contributed by atoms with van der Waals surface area (Å²) in [4.78, 5) is 11.7. The Morgan fingerprint density at radius 2 is 2.15 bits per heavy atom. The molecule has 0 N–H and O–H groups in total. The number of hydrogen-bond donors (Lipinski definition) is 0. The summed E-state index contributed by atoms with van der Waals surface area (Å²) in [5.74, 6) is 0.258. The summed E-state index contributed by atoms with van der Waals surface area (Å²) in [7, 11) is 0. The van der Waals surface area contributed by atoms with Gasteiger partial charge in [-0.05, 0) is 24.5 Å². The molecule has 0 spiro atoms. The molecule has 13 heavy (non-hydrogen) atoms. The highest BCUT2D eigenvalue weighted by Gasteiger charge is 2.32. The molecule has 1 aliphatic rings. The van der Waals surface area contributed by atoms with Gasteiger partial charge in [0.25, 0.3) is 0 Å². The molecular weight excluding hydrogens is 160 g/mol. The molecule has 0 unspecified atom stereocenters. The van der Waals surface area contributed by atoms with Crippen LogP contribution in [-0.4, -0.2) is 5.78 Å². The minimum absolute atomic E-state index is 0.242. The molecule has 0 fully saturated rings. The number of hydrogen-bond acceptors (Lipinski definition) is 1. The first-order valence-corrected chi connectivity index (χ1v) is 4.52. The number of ketones is 1. The summed E-state index contributed by atoms with van der Waals surface area (Å²) in [5.41, 5.74) is 1.80. The van der Waals surface area contributed by atoms with Crippen LogP contribution in [-0.2, 0) is 4.79 Å². The summed E-state index contributed by atoms with van der Waals surface area (Å²) in [6.07, 6.45) is 6.51. The lowest BCUT2D eigenvalue weighted by molar-refractivity contribution is -0.123. The van der Waals surface area contributed by atoms with E-state index >= 15 is 0 Å². The quantitative estimate of drug-likeness (QED) is 0.600. The molecular formula is C12H16O. The average Bonchev–Trinajstić information content (AvgIpc) is 2.00. The minimum Gasteiger partial charge on any atom is -0.294 e. The molecule has 0 saturated heterocycles. The summed E-state index contributed by atoms with van der Waals surface area (Å²) in [5, 5.41) is 0. The fraction of sp³-hybridized carbons (Fsp3) is 0.417. The van der Waals surface area contributed by atoms with Gasteiger partial charge >= 0.3 is 0 Å². The van der Waals surface area contributed by atoms with E-state index in [0.29, 0.717) is 0 Å². The van der Waals surface area contributed by atoms with Gasteiger partial charge in [-0.1, -0.05) is 38.7 Å². The van der Waals surface area contributed by atoms with Gasteiger partial charge in [0.15, 0.2) is 5.78 Å². The fourth-order valence-corrected chi connectivity index (χ4v) is 1.78. The SMILES string of the molecule is C=C/C=C1\C=C(C)C(=O)C(C)(C)C1. The van der Waals surface area contributed by atoms with Crippen molar-refractivity contribution in [3.8, 4) is 0 Å². The van der Waals surface area contributed by atoms with Crippen LogP contribution in [0.15, 0.2) is 36.0 Å². The summed E-state index contributed by atoms with van der Waals surface area (Å²) >= 11 is 0. The number of carbonyl (C=O) groups excluding carboxylic acids is 1. The molecule has 1 nitrogen and oxygen atoms in total. The number of Topliss-reactive ketones (excluding diaryl/α,β-unsaturated/α-hetero) is 1. The Hall–Kier alpha value is -1.11. The highest BCUT2D eigenvalue weighted by Crippen LogP contribution is 2.34. The standard InChI is InChI=1S/C12H16O/c1-5-6-10-7-9(2)11(13)12(3,4)8-10/h5-7H,1,8H2,2-4H3/b10-6+. The van der Waals surface area contributed by atoms with Gasteiger partial charge in [-0.25, -0.2) is 0 Å². The van der Waals surface area contributed by atoms with Gasteiger partial charge < -0.3 is 0 Å². The molecule has 0 aromatic heterocycles. The minimum atomic E-state index is -0.242. The Morgan fingerprint density at radius 1 is 1.54 bits per heavy atom. The second kappa shape index (κ2) is 3.33. The maximum atomic E-state index is 11.7. The third-order valence-corrected chi connectivity index (χ3v) is 2.35. The van der Waals surface area contributed by atoms with Gasteiger partial charge in [-0.15, -0.1) is 0 Å². The van der Waals surface area contributed by atoms with Crippen LogP contribution < -0.4 is 0 Å². The second-order valence-electron chi connectivity index (χ2n) is 4.19. The topological polar surface area (TPSA) is 17.1 Å². The molecule has 70 valence electrons. The van der Waals surface area contributed by atoms with Crippen molar-refractivity contribution in [2.45, 2.75) is 27.2 Å². The van der Waals surface area contributed by atoms with Gasteiger partial charge in [0, 0.05) is 5.41 Å². The van der Waals surface area contributed by atoms with E-state index in [1.54, 1.807) is 6.08 Å². The highest BCUT2D eigenvalue weighted by atomic mass is 16.1. The van der Waals surface area contributed by atoms with E-state index in [1.165, 1.54) is 5.57 Å². The zero-order chi connectivity index (χ0) is 10.1. The Labute approximate surface area is 79.8 Å². The number of carbonyl (C=O) groups is 1. The van der Waals surface area contributed by atoms with Crippen molar-refractivity contribution in [3.05, 3.63) is 36.0 Å². The van der Waals surface area contributed by atoms with Gasteiger partial charge in [-0.3, -0.25) is 4.79 Å². The smallest absolute Gasteiger partial charge is 0.164 e. The highest BCUT2D eigenvalue weighted by molar-refractivity contribution is 6.00. The summed E-state index contributed by atoms with van der Waals surface area (Å²) in [6, 6.07) is 0. The Balaban J connectivity index is 3.08. The third-order valence-electron chi connectivity index (χ3n) is 2.35. The lowest BCUT2D eigenvalue weighted by atomic mass is 9.74. The number of rotatable bonds is 1. The molecule has 0 amide bonds. The van der Waals surface area contributed by atoms with Crippen LogP contribution >= 0.6 is 0 Å². The van der Waals surface area contributed by atoms with Gasteiger partial charge in [0.2, 0.25) is 0 Å². The van der Waals surface area contributed by atoms with Gasteiger partial charge in [-0.2, -0.15) is 0 Å². The summed E-state index contributed by atoms with van der Waals surface area (Å²) < 4.78 is 0. The van der Waals surface area contributed by atoms with Crippen LogP contribution in [0.1, 0.15) is 27.2 Å². The molecule has 0 aromatic rings. The van der Waals surface area contributed by atoms with Crippen LogP contribution in [0.5, 0.6) is 0 Å². The summed E-state index contributed by atoms with van der Waals surface area (Å²) in [6.45, 7) is 9.51. The maximum absolute atomic E-state index is 11.7. The molecule has 1 heteroatoms. The van der Waals surface area contributed by atoms with E-state index in [4.69, 9.17) is 0 Å². The van der Waals surface area contributed by atoms with Gasteiger partial charge in [0.05, 0.1) is 0 Å². The lowest BCUT2D eigenvalue weighted by Crippen LogP contribution is -2.28. The van der Waals surface area contributed by atoms with Crippen molar-refractivity contribution < 1.29 is 4.79 Å². The second-order valence-corrected chi connectivity index (χ2v) is 4.19. The van der Waals surface area contributed by atoms with E-state index in [1.807, 2.05) is 32.9 Å². The van der Waals surface area contributed by atoms with Crippen molar-refractivity contribution in [1.82, 2.24) is 0 Å². The monoisotopic (exact) mass is 176 g/mol. The van der Waals surface area contributed by atoms with Crippen molar-refractivity contribution >= 4 is 5.78 Å². The fourth-order valence-electron chi connectivity index (χ4n) is 1.78. The van der Waals surface area contributed by atoms with E-state index in [0.717, 1.165) is 12.0 Å². The lowest BCUT2D eigenvalue weighted by Gasteiger charge is -2.28. The normalized spacial score (nSPS) is 24.4. The molecule has 0 heterocycles. The third kappa shape index (κ3) is 1.97. The van der Waals surface area contributed by atoms with Crippen molar-refractivity contribution in [1.29, 1.82) is 0 Å². The van der Waals surface area contributed by atoms with E-state index < -0.39 is 0 Å². The molecule has 0 atom stereocenters. The predicted octanol–water partition coefficient (Wildman–Crippen LogP) is 3.04. The molecule has 1 rings (SSSR count). The molecule has 0 aromatic carbocycles. The zero-order valence-electron chi connectivity index (χ0n) is 8.55. The maximum Gasteiger partial charge on any atom is 0.164 e. The van der Waals surface area contributed by atoms with Crippen molar-refractivity contribution in [3.63, 3.8) is 0 Å². The first-order valence-electron chi connectivity index (χ1n) is 4.52. The molecule has 0 bridgehead atoms. The van der Waals surface area contributed by atoms with E-state index in [9.17, 15) is 4.79 Å². The average molecular weight is 176 g/mol. The first-order chi connectivity index (χ1) is 5.97. The largest absolute Gasteiger partial charge is 0.294 e. The van der Waals surface area contributed by atoms with Crippen molar-refractivity contribution in [2.75, 3.05) is 0 Å². The van der Waals surface area contributed by atoms with Crippen LogP contribution in [0.3, 0.4) is 0 Å². The molecule has 1 aliphatic carbocycles. The van der Waals surface area contributed by atoms with Crippen LogP contribution in [0, 0.1) is 5.41 Å². The van der Waals surface area contributed by atoms with E-state index in [-0.39, 0.29) is 11.2 Å². The number of allylic oxidation sites excluding steroid dienone is 5. The molecule has 0 saturated carbocycles. The zero-order valence-corrected chi connectivity index (χ0v) is 8.55. The Bertz CT molecular complexity index is 303. The van der Waals surface area contributed by atoms with Crippen LogP contribution in [0.4, 0.5) is 0 Å². The molecule has 0 radical (unpaired) electrons. The van der Waals surface area contributed by atoms with Crippen LogP contribution in [0.25, 0.3) is 0 Å². The first kappa shape index (κ1) is 9.97. The van der Waals surface area contributed by atoms with Crippen LogP contribution in [0.2, 0.25) is 0 Å².